The number of ether oxygens (including phenoxy) is 2. The molecule has 0 saturated carbocycles. The lowest BCUT2D eigenvalue weighted by molar-refractivity contribution is 0.0850. The molecule has 1 aromatic heterocycles. The van der Waals surface area contributed by atoms with Crippen molar-refractivity contribution in [2.45, 2.75) is 12.7 Å². The fourth-order valence-corrected chi connectivity index (χ4v) is 1.91. The average Bonchev–Trinajstić information content (AvgIpc) is 2.47. The highest BCUT2D eigenvalue weighted by atomic mass is 16.6. The Bertz CT molecular complexity index is 539. The third kappa shape index (κ3) is 2.02. The van der Waals surface area contributed by atoms with Gasteiger partial charge in [0.25, 0.3) is 5.88 Å². The van der Waals surface area contributed by atoms with Crippen molar-refractivity contribution < 1.29 is 14.6 Å². The van der Waals surface area contributed by atoms with Crippen molar-refractivity contribution in [1.82, 2.24) is 4.98 Å². The first-order valence-electron chi connectivity index (χ1n) is 5.81. The molecule has 2 heterocycles. The van der Waals surface area contributed by atoms with Gasteiger partial charge in [0.1, 0.15) is 6.61 Å². The zero-order chi connectivity index (χ0) is 12.4. The number of aliphatic hydroxyl groups excluding tert-OH is 1. The molecule has 3 rings (SSSR count). The van der Waals surface area contributed by atoms with E-state index in [1.807, 2.05) is 36.4 Å². The van der Waals surface area contributed by atoms with Crippen LogP contribution in [0.1, 0.15) is 17.2 Å². The SMILES string of the molecule is OCc1ccc(C2COc3cccnc3O2)cc1. The van der Waals surface area contributed by atoms with E-state index in [0.29, 0.717) is 18.2 Å². The average molecular weight is 243 g/mol. The van der Waals surface area contributed by atoms with Gasteiger partial charge in [-0.1, -0.05) is 24.3 Å². The molecule has 0 bridgehead atoms. The Labute approximate surface area is 105 Å². The van der Waals surface area contributed by atoms with Gasteiger partial charge in [-0.05, 0) is 23.3 Å². The van der Waals surface area contributed by atoms with Gasteiger partial charge < -0.3 is 14.6 Å². The molecule has 0 radical (unpaired) electrons. The van der Waals surface area contributed by atoms with Crippen LogP contribution in [0.5, 0.6) is 11.6 Å². The van der Waals surface area contributed by atoms with Crippen LogP contribution in [0, 0.1) is 0 Å². The Balaban J connectivity index is 1.82. The van der Waals surface area contributed by atoms with Gasteiger partial charge in [-0.2, -0.15) is 0 Å². The number of aromatic nitrogens is 1. The monoisotopic (exact) mass is 243 g/mol. The Hall–Kier alpha value is -2.07. The largest absolute Gasteiger partial charge is 0.484 e. The van der Waals surface area contributed by atoms with E-state index in [1.54, 1.807) is 6.20 Å². The minimum Gasteiger partial charge on any atom is -0.484 e. The third-order valence-corrected chi connectivity index (χ3v) is 2.91. The molecule has 1 unspecified atom stereocenters. The lowest BCUT2D eigenvalue weighted by Gasteiger charge is -2.25. The van der Waals surface area contributed by atoms with Crippen molar-refractivity contribution in [3.63, 3.8) is 0 Å². The van der Waals surface area contributed by atoms with Crippen LogP contribution >= 0.6 is 0 Å². The molecular weight excluding hydrogens is 230 g/mol. The summed E-state index contributed by atoms with van der Waals surface area (Å²) in [6.45, 7) is 0.518. The molecular formula is C14H13NO3. The van der Waals surface area contributed by atoms with E-state index in [-0.39, 0.29) is 12.7 Å². The molecule has 1 atom stereocenters. The second kappa shape index (κ2) is 4.66. The first kappa shape index (κ1) is 11.0. The summed E-state index contributed by atoms with van der Waals surface area (Å²) in [5, 5.41) is 9.00. The third-order valence-electron chi connectivity index (χ3n) is 2.91. The number of rotatable bonds is 2. The summed E-state index contributed by atoms with van der Waals surface area (Å²) in [7, 11) is 0. The molecule has 1 N–H and O–H groups in total. The zero-order valence-electron chi connectivity index (χ0n) is 9.74. The van der Waals surface area contributed by atoms with Gasteiger partial charge in [0.15, 0.2) is 11.9 Å². The standard InChI is InChI=1S/C14H13NO3/c16-8-10-3-5-11(6-4-10)13-9-17-12-2-1-7-15-14(12)18-13/h1-7,13,16H,8-9H2. The van der Waals surface area contributed by atoms with Crippen molar-refractivity contribution in [1.29, 1.82) is 0 Å². The van der Waals surface area contributed by atoms with Gasteiger partial charge in [0.2, 0.25) is 0 Å². The second-order valence-electron chi connectivity index (χ2n) is 4.12. The van der Waals surface area contributed by atoms with Gasteiger partial charge in [-0.25, -0.2) is 4.98 Å². The summed E-state index contributed by atoms with van der Waals surface area (Å²) in [4.78, 5) is 4.14. The minimum atomic E-state index is -0.153. The highest BCUT2D eigenvalue weighted by Crippen LogP contribution is 2.33. The topological polar surface area (TPSA) is 51.6 Å². The van der Waals surface area contributed by atoms with Gasteiger partial charge in [-0.3, -0.25) is 0 Å². The molecule has 0 saturated heterocycles. The van der Waals surface area contributed by atoms with E-state index >= 15 is 0 Å². The summed E-state index contributed by atoms with van der Waals surface area (Å²) in [6, 6.07) is 11.3. The number of nitrogens with zero attached hydrogens (tertiary/aromatic N) is 1. The summed E-state index contributed by atoms with van der Waals surface area (Å²) >= 11 is 0. The fourth-order valence-electron chi connectivity index (χ4n) is 1.91. The van der Waals surface area contributed by atoms with Gasteiger partial charge >= 0.3 is 0 Å². The highest BCUT2D eigenvalue weighted by molar-refractivity contribution is 5.35. The molecule has 4 nitrogen and oxygen atoms in total. The van der Waals surface area contributed by atoms with Crippen LogP contribution in [-0.4, -0.2) is 16.7 Å². The molecule has 0 aliphatic carbocycles. The Morgan fingerprint density at radius 1 is 1.22 bits per heavy atom. The van der Waals surface area contributed by atoms with E-state index in [9.17, 15) is 0 Å². The van der Waals surface area contributed by atoms with E-state index in [0.717, 1.165) is 11.1 Å². The van der Waals surface area contributed by atoms with Crippen LogP contribution in [0.15, 0.2) is 42.6 Å². The Kier molecular flexibility index (Phi) is 2.86. The minimum absolute atomic E-state index is 0.0483. The van der Waals surface area contributed by atoms with Crippen LogP contribution < -0.4 is 9.47 Å². The number of fused-ring (bicyclic) bond motifs is 1. The first-order chi connectivity index (χ1) is 8.86. The van der Waals surface area contributed by atoms with E-state index in [2.05, 4.69) is 4.98 Å². The van der Waals surface area contributed by atoms with Crippen LogP contribution in [-0.2, 0) is 6.61 Å². The number of hydrogen-bond donors (Lipinski definition) is 1. The molecule has 0 spiro atoms. The molecule has 0 fully saturated rings. The van der Waals surface area contributed by atoms with Gasteiger partial charge in [0.05, 0.1) is 6.61 Å². The number of aliphatic hydroxyl groups is 1. The quantitative estimate of drug-likeness (QED) is 0.877. The maximum absolute atomic E-state index is 9.00. The van der Waals surface area contributed by atoms with Crippen LogP contribution in [0.3, 0.4) is 0 Å². The first-order valence-corrected chi connectivity index (χ1v) is 5.81. The predicted molar refractivity (Wildman–Crippen MR) is 65.5 cm³/mol. The van der Waals surface area contributed by atoms with Crippen molar-refractivity contribution in [3.8, 4) is 11.6 Å². The van der Waals surface area contributed by atoms with Crippen molar-refractivity contribution in [2.75, 3.05) is 6.61 Å². The van der Waals surface area contributed by atoms with Crippen LogP contribution in [0.4, 0.5) is 0 Å². The normalized spacial score (nSPS) is 17.5. The van der Waals surface area contributed by atoms with Crippen molar-refractivity contribution in [3.05, 3.63) is 53.7 Å². The highest BCUT2D eigenvalue weighted by Gasteiger charge is 2.23. The lowest BCUT2D eigenvalue weighted by atomic mass is 10.1. The summed E-state index contributed by atoms with van der Waals surface area (Å²) < 4.78 is 11.4. The van der Waals surface area contributed by atoms with E-state index in [4.69, 9.17) is 14.6 Å². The molecule has 1 aliphatic heterocycles. The smallest absolute Gasteiger partial charge is 0.257 e. The number of hydrogen-bond acceptors (Lipinski definition) is 4. The summed E-state index contributed by atoms with van der Waals surface area (Å²) in [6.07, 6.45) is 1.53. The number of pyridine rings is 1. The summed E-state index contributed by atoms with van der Waals surface area (Å²) in [5.74, 6) is 1.21. The molecule has 92 valence electrons. The maximum Gasteiger partial charge on any atom is 0.257 e. The van der Waals surface area contributed by atoms with Crippen molar-refractivity contribution in [2.24, 2.45) is 0 Å². The van der Waals surface area contributed by atoms with Crippen LogP contribution in [0.25, 0.3) is 0 Å². The fraction of sp³-hybridized carbons (Fsp3) is 0.214. The van der Waals surface area contributed by atoms with Crippen LogP contribution in [0.2, 0.25) is 0 Å². The van der Waals surface area contributed by atoms with Gasteiger partial charge in [-0.15, -0.1) is 0 Å². The van der Waals surface area contributed by atoms with E-state index in [1.165, 1.54) is 0 Å². The molecule has 0 amide bonds. The molecule has 4 heteroatoms. The van der Waals surface area contributed by atoms with Gasteiger partial charge in [0, 0.05) is 6.20 Å². The lowest BCUT2D eigenvalue weighted by Crippen LogP contribution is -2.22. The predicted octanol–water partition coefficient (Wildman–Crippen LogP) is 2.09. The maximum atomic E-state index is 9.00. The summed E-state index contributed by atoms with van der Waals surface area (Å²) in [5.41, 5.74) is 1.90. The van der Waals surface area contributed by atoms with E-state index < -0.39 is 0 Å². The number of benzene rings is 1. The van der Waals surface area contributed by atoms with Crippen molar-refractivity contribution >= 4 is 0 Å². The second-order valence-corrected chi connectivity index (χ2v) is 4.12. The molecule has 1 aliphatic rings. The molecule has 18 heavy (non-hydrogen) atoms. The zero-order valence-corrected chi connectivity index (χ0v) is 9.74. The molecule has 2 aromatic rings. The Morgan fingerprint density at radius 2 is 2.06 bits per heavy atom. The molecule has 1 aromatic carbocycles. The Morgan fingerprint density at radius 3 is 2.83 bits per heavy atom.